The van der Waals surface area contributed by atoms with Crippen LogP contribution in [0.1, 0.15) is 27.2 Å². The summed E-state index contributed by atoms with van der Waals surface area (Å²) in [7, 11) is 0. The van der Waals surface area contributed by atoms with E-state index in [0.717, 1.165) is 47.8 Å². The van der Waals surface area contributed by atoms with E-state index in [9.17, 15) is 9.59 Å². The van der Waals surface area contributed by atoms with Crippen LogP contribution in [0.2, 0.25) is 0 Å². The minimum atomic E-state index is -0.179. The van der Waals surface area contributed by atoms with E-state index >= 15 is 0 Å². The lowest BCUT2D eigenvalue weighted by atomic mass is 10.3. The number of nitrogens with zero attached hydrogens (tertiary/aromatic N) is 4. The molecule has 2 heterocycles. The zero-order chi connectivity index (χ0) is 18.9. The number of piperazine rings is 1. The molecule has 1 aliphatic heterocycles. The molecule has 0 aromatic carbocycles. The van der Waals surface area contributed by atoms with Gasteiger partial charge in [0.25, 0.3) is 0 Å². The number of carbonyl (C=O) groups excluding carboxylic acids is 2. The Morgan fingerprint density at radius 2 is 1.88 bits per heavy atom. The molecular weight excluding hydrogens is 390 g/mol. The average Bonchev–Trinajstić information content (AvgIpc) is 3.11. The quantitative estimate of drug-likeness (QED) is 0.614. The second-order valence-electron chi connectivity index (χ2n) is 5.99. The Balaban J connectivity index is 1.77. The highest BCUT2D eigenvalue weighted by molar-refractivity contribution is 8.04. The molecule has 0 bridgehead atoms. The van der Waals surface area contributed by atoms with Gasteiger partial charge in [-0.15, -0.1) is 10.2 Å². The smallest absolute Gasteiger partial charge is 0.235 e. The Labute approximate surface area is 167 Å². The Hall–Kier alpha value is -0.840. The van der Waals surface area contributed by atoms with Crippen LogP contribution in [0.25, 0.3) is 0 Å². The fraction of sp³-hybridized carbons (Fsp3) is 0.750. The van der Waals surface area contributed by atoms with Gasteiger partial charge in [0.2, 0.25) is 11.8 Å². The molecule has 1 saturated heterocycles. The standard InChI is InChI=1S/C16H27N5O2S3/c1-4-6-17-13(22)11-24-15-18-19-16(26-15)25-12(3)14(23)21-9-7-20(5-2)8-10-21/h12H,4-11H2,1-3H3,(H,17,22)/t12-/m0/s1. The summed E-state index contributed by atoms with van der Waals surface area (Å²) in [5, 5.41) is 10.9. The van der Waals surface area contributed by atoms with Gasteiger partial charge in [-0.3, -0.25) is 9.59 Å². The summed E-state index contributed by atoms with van der Waals surface area (Å²) in [6.45, 7) is 11.3. The molecule has 0 unspecified atom stereocenters. The monoisotopic (exact) mass is 417 g/mol. The van der Waals surface area contributed by atoms with Gasteiger partial charge in [0.05, 0.1) is 11.0 Å². The first-order valence-electron chi connectivity index (χ1n) is 8.94. The van der Waals surface area contributed by atoms with Crippen LogP contribution in [0.15, 0.2) is 8.68 Å². The van der Waals surface area contributed by atoms with Crippen molar-refractivity contribution >= 4 is 46.7 Å². The second kappa shape index (κ2) is 11.1. The molecule has 0 spiro atoms. The third-order valence-corrected chi connectivity index (χ3v) is 7.27. The number of likely N-dealkylation sites (N-methyl/N-ethyl adjacent to an activating group) is 1. The average molecular weight is 418 g/mol. The Bertz CT molecular complexity index is 590. The van der Waals surface area contributed by atoms with Crippen LogP contribution in [0.3, 0.4) is 0 Å². The van der Waals surface area contributed by atoms with Crippen molar-refractivity contribution in [1.29, 1.82) is 0 Å². The van der Waals surface area contributed by atoms with E-state index in [4.69, 9.17) is 0 Å². The van der Waals surface area contributed by atoms with Crippen molar-refractivity contribution < 1.29 is 9.59 Å². The lowest BCUT2D eigenvalue weighted by Crippen LogP contribution is -2.50. The number of nitrogens with one attached hydrogen (secondary N) is 1. The van der Waals surface area contributed by atoms with Gasteiger partial charge in [0.1, 0.15) is 0 Å². The van der Waals surface area contributed by atoms with Crippen molar-refractivity contribution in [3.05, 3.63) is 0 Å². The zero-order valence-corrected chi connectivity index (χ0v) is 18.0. The molecule has 0 aliphatic carbocycles. The molecule has 2 amide bonds. The van der Waals surface area contributed by atoms with Crippen molar-refractivity contribution in [2.45, 2.75) is 41.1 Å². The van der Waals surface area contributed by atoms with Gasteiger partial charge < -0.3 is 15.1 Å². The van der Waals surface area contributed by atoms with Crippen molar-refractivity contribution in [3.63, 3.8) is 0 Å². The van der Waals surface area contributed by atoms with Gasteiger partial charge in [0, 0.05) is 32.7 Å². The lowest BCUT2D eigenvalue weighted by Gasteiger charge is -2.35. The number of aromatic nitrogens is 2. The van der Waals surface area contributed by atoms with Crippen molar-refractivity contribution in [1.82, 2.24) is 25.3 Å². The molecule has 7 nitrogen and oxygen atoms in total. The summed E-state index contributed by atoms with van der Waals surface area (Å²) < 4.78 is 1.53. The van der Waals surface area contributed by atoms with Crippen LogP contribution in [0.5, 0.6) is 0 Å². The van der Waals surface area contributed by atoms with Crippen LogP contribution in [0.4, 0.5) is 0 Å². The Morgan fingerprint density at radius 3 is 2.54 bits per heavy atom. The molecule has 2 rings (SSSR count). The minimum Gasteiger partial charge on any atom is -0.355 e. The van der Waals surface area contributed by atoms with Crippen LogP contribution in [0, 0.1) is 0 Å². The van der Waals surface area contributed by atoms with Gasteiger partial charge in [0.15, 0.2) is 8.68 Å². The highest BCUT2D eigenvalue weighted by Crippen LogP contribution is 2.31. The predicted molar refractivity (Wildman–Crippen MR) is 108 cm³/mol. The number of carbonyl (C=O) groups is 2. The SMILES string of the molecule is CCCNC(=O)CSc1nnc(S[C@@H](C)C(=O)N2CCN(CC)CC2)s1. The first-order valence-corrected chi connectivity index (χ1v) is 11.6. The summed E-state index contributed by atoms with van der Waals surface area (Å²) in [5.41, 5.74) is 0. The molecule has 0 saturated carbocycles. The number of rotatable bonds is 9. The van der Waals surface area contributed by atoms with Gasteiger partial charge in [-0.25, -0.2) is 0 Å². The third-order valence-electron chi connectivity index (χ3n) is 4.04. The molecule has 0 radical (unpaired) electrons. The van der Waals surface area contributed by atoms with E-state index in [1.165, 1.54) is 34.9 Å². The van der Waals surface area contributed by atoms with Crippen molar-refractivity contribution in [3.8, 4) is 0 Å². The number of hydrogen-bond donors (Lipinski definition) is 1. The Kier molecular flexibility index (Phi) is 9.17. The predicted octanol–water partition coefficient (Wildman–Crippen LogP) is 1.80. The van der Waals surface area contributed by atoms with E-state index in [-0.39, 0.29) is 17.1 Å². The Morgan fingerprint density at radius 1 is 1.19 bits per heavy atom. The molecule has 1 atom stereocenters. The molecule has 1 fully saturated rings. The maximum absolute atomic E-state index is 12.6. The van der Waals surface area contributed by atoms with E-state index in [0.29, 0.717) is 12.3 Å². The van der Waals surface area contributed by atoms with E-state index in [1.807, 2.05) is 18.7 Å². The normalized spacial score (nSPS) is 16.5. The summed E-state index contributed by atoms with van der Waals surface area (Å²) in [5.74, 6) is 0.514. The fourth-order valence-corrected chi connectivity index (χ4v) is 5.57. The first kappa shape index (κ1) is 21.5. The van der Waals surface area contributed by atoms with Gasteiger partial charge in [-0.2, -0.15) is 0 Å². The molecule has 1 aromatic heterocycles. The van der Waals surface area contributed by atoms with Crippen molar-refractivity contribution in [2.24, 2.45) is 0 Å². The van der Waals surface area contributed by atoms with Crippen LogP contribution in [-0.2, 0) is 9.59 Å². The molecular formula is C16H27N5O2S3. The largest absolute Gasteiger partial charge is 0.355 e. The second-order valence-corrected chi connectivity index (χ2v) is 9.78. The fourth-order valence-electron chi connectivity index (χ4n) is 2.49. The van der Waals surface area contributed by atoms with Gasteiger partial charge in [-0.1, -0.05) is 48.7 Å². The number of amides is 2. The summed E-state index contributed by atoms with van der Waals surface area (Å²) in [4.78, 5) is 28.5. The third kappa shape index (κ3) is 6.71. The van der Waals surface area contributed by atoms with Crippen LogP contribution >= 0.6 is 34.9 Å². The van der Waals surface area contributed by atoms with Gasteiger partial charge >= 0.3 is 0 Å². The summed E-state index contributed by atoms with van der Waals surface area (Å²) in [6.07, 6.45) is 0.926. The highest BCUT2D eigenvalue weighted by atomic mass is 32.2. The van der Waals surface area contributed by atoms with E-state index in [1.54, 1.807) is 0 Å². The van der Waals surface area contributed by atoms with Crippen molar-refractivity contribution in [2.75, 3.05) is 45.0 Å². The minimum absolute atomic E-state index is 0.0102. The van der Waals surface area contributed by atoms with Gasteiger partial charge in [-0.05, 0) is 19.9 Å². The van der Waals surface area contributed by atoms with Crippen LogP contribution < -0.4 is 5.32 Å². The topological polar surface area (TPSA) is 78.4 Å². The van der Waals surface area contributed by atoms with Crippen LogP contribution in [-0.4, -0.2) is 82.1 Å². The molecule has 1 N–H and O–H groups in total. The number of hydrogen-bond acceptors (Lipinski definition) is 8. The van der Waals surface area contributed by atoms with E-state index < -0.39 is 0 Å². The first-order chi connectivity index (χ1) is 12.5. The highest BCUT2D eigenvalue weighted by Gasteiger charge is 2.26. The maximum atomic E-state index is 12.6. The summed E-state index contributed by atoms with van der Waals surface area (Å²) >= 11 is 4.27. The molecule has 10 heteroatoms. The zero-order valence-electron chi connectivity index (χ0n) is 15.6. The molecule has 146 valence electrons. The molecule has 1 aliphatic rings. The molecule has 1 aromatic rings. The number of thioether (sulfide) groups is 2. The molecule has 26 heavy (non-hydrogen) atoms. The summed E-state index contributed by atoms with van der Waals surface area (Å²) in [6, 6.07) is 0. The van der Waals surface area contributed by atoms with E-state index in [2.05, 4.69) is 27.3 Å². The lowest BCUT2D eigenvalue weighted by molar-refractivity contribution is -0.132. The maximum Gasteiger partial charge on any atom is 0.235 e.